The summed E-state index contributed by atoms with van der Waals surface area (Å²) in [6.45, 7) is 4.14. The fraction of sp³-hybridized carbons (Fsp3) is 0.250. The van der Waals surface area contributed by atoms with E-state index in [0.29, 0.717) is 11.5 Å². The van der Waals surface area contributed by atoms with Gasteiger partial charge in [0.05, 0.1) is 15.6 Å². The number of benzene rings is 2. The zero-order valence-electron chi connectivity index (χ0n) is 12.4. The quantitative estimate of drug-likeness (QED) is 0.622. The van der Waals surface area contributed by atoms with Crippen LogP contribution in [0.4, 0.5) is 5.69 Å². The topological polar surface area (TPSA) is 77.3 Å². The molecule has 0 unspecified atom stereocenters. The van der Waals surface area contributed by atoms with Gasteiger partial charge in [0.2, 0.25) is 0 Å². The second-order valence-corrected chi connectivity index (χ2v) is 7.40. The van der Waals surface area contributed by atoms with Crippen molar-refractivity contribution in [3.8, 4) is 0 Å². The first-order valence-corrected chi connectivity index (χ1v) is 8.51. The minimum atomic E-state index is -3.51. The van der Waals surface area contributed by atoms with Crippen molar-refractivity contribution >= 4 is 15.5 Å². The molecule has 22 heavy (non-hydrogen) atoms. The molecule has 0 aliphatic heterocycles. The van der Waals surface area contributed by atoms with E-state index in [0.717, 1.165) is 5.56 Å². The lowest BCUT2D eigenvalue weighted by atomic mass is 10.0. The third-order valence-electron chi connectivity index (χ3n) is 3.41. The molecule has 2 rings (SSSR count). The summed E-state index contributed by atoms with van der Waals surface area (Å²) in [5, 5.41) is 10.6. The van der Waals surface area contributed by atoms with Crippen LogP contribution >= 0.6 is 0 Å². The number of hydrogen-bond donors (Lipinski definition) is 0. The lowest BCUT2D eigenvalue weighted by Gasteiger charge is -2.08. The molecule has 2 aromatic carbocycles. The monoisotopic (exact) mass is 319 g/mol. The smallest absolute Gasteiger partial charge is 0.258 e. The Bertz CT molecular complexity index is 763. The lowest BCUT2D eigenvalue weighted by molar-refractivity contribution is -0.384. The second-order valence-electron chi connectivity index (χ2n) is 5.41. The zero-order chi connectivity index (χ0) is 16.3. The molecule has 0 heterocycles. The van der Waals surface area contributed by atoms with E-state index in [1.807, 2.05) is 12.1 Å². The van der Waals surface area contributed by atoms with Gasteiger partial charge in [0, 0.05) is 12.1 Å². The first-order chi connectivity index (χ1) is 10.3. The van der Waals surface area contributed by atoms with Crippen molar-refractivity contribution < 1.29 is 13.3 Å². The van der Waals surface area contributed by atoms with Gasteiger partial charge in [-0.05, 0) is 29.2 Å². The van der Waals surface area contributed by atoms with Crippen LogP contribution < -0.4 is 0 Å². The summed E-state index contributed by atoms with van der Waals surface area (Å²) in [5.74, 6) is 0.267. The molecule has 0 bridgehead atoms. The van der Waals surface area contributed by atoms with Gasteiger partial charge in [-0.3, -0.25) is 10.1 Å². The van der Waals surface area contributed by atoms with Crippen LogP contribution in [0.1, 0.15) is 30.9 Å². The van der Waals surface area contributed by atoms with Gasteiger partial charge in [0.25, 0.3) is 5.69 Å². The SMILES string of the molecule is CC(C)c1ccc(CS(=O)(=O)c2ccc([N+](=O)[O-])cc2)cc1. The van der Waals surface area contributed by atoms with Crippen LogP contribution in [0, 0.1) is 10.1 Å². The molecule has 0 saturated carbocycles. The standard InChI is InChI=1S/C16H17NO4S/c1-12(2)14-5-3-13(4-6-14)11-22(20,21)16-9-7-15(8-10-16)17(18)19/h3-10,12H,11H2,1-2H3. The highest BCUT2D eigenvalue weighted by atomic mass is 32.2. The largest absolute Gasteiger partial charge is 0.269 e. The highest BCUT2D eigenvalue weighted by Crippen LogP contribution is 2.21. The molecule has 6 heteroatoms. The predicted molar refractivity (Wildman–Crippen MR) is 84.5 cm³/mol. The van der Waals surface area contributed by atoms with Crippen LogP contribution in [0.5, 0.6) is 0 Å². The molecule has 0 fully saturated rings. The molecule has 0 amide bonds. The Morgan fingerprint density at radius 1 is 1.00 bits per heavy atom. The van der Waals surface area contributed by atoms with E-state index in [1.165, 1.54) is 24.3 Å². The molecule has 0 atom stereocenters. The molecule has 0 spiro atoms. The summed E-state index contributed by atoms with van der Waals surface area (Å²) < 4.78 is 24.7. The summed E-state index contributed by atoms with van der Waals surface area (Å²) in [4.78, 5) is 10.1. The maximum absolute atomic E-state index is 12.3. The van der Waals surface area contributed by atoms with Crippen molar-refractivity contribution in [1.82, 2.24) is 0 Å². The number of non-ortho nitro benzene ring substituents is 1. The van der Waals surface area contributed by atoms with Crippen LogP contribution in [0.15, 0.2) is 53.4 Å². The maximum atomic E-state index is 12.3. The van der Waals surface area contributed by atoms with E-state index in [1.54, 1.807) is 12.1 Å². The number of nitro groups is 1. The van der Waals surface area contributed by atoms with Gasteiger partial charge in [0.1, 0.15) is 0 Å². The van der Waals surface area contributed by atoms with Crippen LogP contribution in [0.3, 0.4) is 0 Å². The summed E-state index contributed by atoms with van der Waals surface area (Å²) in [7, 11) is -3.51. The van der Waals surface area contributed by atoms with Gasteiger partial charge in [-0.2, -0.15) is 0 Å². The number of nitro benzene ring substituents is 1. The van der Waals surface area contributed by atoms with Gasteiger partial charge in [0.15, 0.2) is 9.84 Å². The van der Waals surface area contributed by atoms with E-state index in [-0.39, 0.29) is 16.3 Å². The average molecular weight is 319 g/mol. The third-order valence-corrected chi connectivity index (χ3v) is 5.11. The van der Waals surface area contributed by atoms with Crippen LogP contribution in [0.25, 0.3) is 0 Å². The number of rotatable bonds is 5. The van der Waals surface area contributed by atoms with Crippen LogP contribution in [-0.4, -0.2) is 13.3 Å². The van der Waals surface area contributed by atoms with Crippen molar-refractivity contribution in [1.29, 1.82) is 0 Å². The minimum Gasteiger partial charge on any atom is -0.258 e. The van der Waals surface area contributed by atoms with Gasteiger partial charge in [-0.15, -0.1) is 0 Å². The number of sulfone groups is 1. The lowest BCUT2D eigenvalue weighted by Crippen LogP contribution is -2.05. The molecule has 0 radical (unpaired) electrons. The number of hydrogen-bond acceptors (Lipinski definition) is 4. The number of nitrogens with zero attached hydrogens (tertiary/aromatic N) is 1. The maximum Gasteiger partial charge on any atom is 0.269 e. The molecule has 0 aromatic heterocycles. The minimum absolute atomic E-state index is 0.0889. The molecular weight excluding hydrogens is 302 g/mol. The predicted octanol–water partition coefficient (Wildman–Crippen LogP) is 3.69. The van der Waals surface area contributed by atoms with Crippen LogP contribution in [0.2, 0.25) is 0 Å². The Morgan fingerprint density at radius 3 is 2.00 bits per heavy atom. The summed E-state index contributed by atoms with van der Waals surface area (Å²) >= 11 is 0. The molecule has 2 aromatic rings. The van der Waals surface area contributed by atoms with E-state index in [2.05, 4.69) is 13.8 Å². The Hall–Kier alpha value is -2.21. The van der Waals surface area contributed by atoms with E-state index in [9.17, 15) is 18.5 Å². The molecule has 0 N–H and O–H groups in total. The third kappa shape index (κ3) is 3.71. The van der Waals surface area contributed by atoms with Crippen molar-refractivity contribution in [3.05, 3.63) is 69.8 Å². The van der Waals surface area contributed by atoms with Crippen LogP contribution in [-0.2, 0) is 15.6 Å². The van der Waals surface area contributed by atoms with E-state index < -0.39 is 14.8 Å². The highest BCUT2D eigenvalue weighted by molar-refractivity contribution is 7.90. The normalized spacial score (nSPS) is 11.6. The van der Waals surface area contributed by atoms with Crippen molar-refractivity contribution in [2.45, 2.75) is 30.4 Å². The summed E-state index contributed by atoms with van der Waals surface area (Å²) in [6.07, 6.45) is 0. The molecule has 0 aliphatic rings. The first-order valence-electron chi connectivity index (χ1n) is 6.85. The molecular formula is C16H17NO4S. The van der Waals surface area contributed by atoms with Gasteiger partial charge >= 0.3 is 0 Å². The van der Waals surface area contributed by atoms with Crippen molar-refractivity contribution in [3.63, 3.8) is 0 Å². The Balaban J connectivity index is 2.21. The Kier molecular flexibility index (Phi) is 4.61. The average Bonchev–Trinajstić information content (AvgIpc) is 2.47. The van der Waals surface area contributed by atoms with Gasteiger partial charge in [-0.25, -0.2) is 8.42 Å². The van der Waals surface area contributed by atoms with E-state index in [4.69, 9.17) is 0 Å². The first kappa shape index (κ1) is 16.2. The van der Waals surface area contributed by atoms with Crippen molar-refractivity contribution in [2.75, 3.05) is 0 Å². The highest BCUT2D eigenvalue weighted by Gasteiger charge is 2.17. The summed E-state index contributed by atoms with van der Waals surface area (Å²) in [5.41, 5.74) is 1.72. The fourth-order valence-electron chi connectivity index (χ4n) is 2.08. The zero-order valence-corrected chi connectivity index (χ0v) is 13.2. The fourth-order valence-corrected chi connectivity index (χ4v) is 3.43. The van der Waals surface area contributed by atoms with Gasteiger partial charge < -0.3 is 0 Å². The van der Waals surface area contributed by atoms with E-state index >= 15 is 0 Å². The molecule has 116 valence electrons. The summed E-state index contributed by atoms with van der Waals surface area (Å²) in [6, 6.07) is 12.4. The Morgan fingerprint density at radius 2 is 1.55 bits per heavy atom. The second kappa shape index (κ2) is 6.27. The van der Waals surface area contributed by atoms with Gasteiger partial charge in [-0.1, -0.05) is 38.1 Å². The van der Waals surface area contributed by atoms with Crippen molar-refractivity contribution in [2.24, 2.45) is 0 Å². The Labute approximate surface area is 129 Å². The molecule has 0 aliphatic carbocycles. The molecule has 5 nitrogen and oxygen atoms in total. The molecule has 0 saturated heterocycles.